The van der Waals surface area contributed by atoms with Crippen molar-refractivity contribution in [1.29, 1.82) is 5.26 Å². The van der Waals surface area contributed by atoms with Crippen LogP contribution in [-0.2, 0) is 10.0 Å². The van der Waals surface area contributed by atoms with Gasteiger partial charge in [-0.3, -0.25) is 0 Å². The van der Waals surface area contributed by atoms with Gasteiger partial charge in [-0.25, -0.2) is 18.1 Å². The van der Waals surface area contributed by atoms with Crippen molar-refractivity contribution < 1.29 is 8.42 Å². The lowest BCUT2D eigenvalue weighted by Crippen LogP contribution is -2.27. The molecule has 0 bridgehead atoms. The minimum atomic E-state index is -3.76. The number of rotatable bonds is 4. The van der Waals surface area contributed by atoms with Crippen molar-refractivity contribution in [3.8, 4) is 6.07 Å². The molecule has 0 aliphatic carbocycles. The van der Waals surface area contributed by atoms with Gasteiger partial charge < -0.3 is 0 Å². The highest BCUT2D eigenvalue weighted by Crippen LogP contribution is 2.21. The molecule has 1 aromatic heterocycles. The van der Waals surface area contributed by atoms with Gasteiger partial charge in [-0.2, -0.15) is 5.26 Å². The Labute approximate surface area is 128 Å². The standard InChI is InChI=1S/C14H12ClN3O2S/c1-10(12-6-4-11(9-16)5-7-12)18-21(19,20)13-3-2-8-17-14(13)15/h2-8,10,18H,1H3. The van der Waals surface area contributed by atoms with E-state index in [-0.39, 0.29) is 10.0 Å². The molecule has 0 spiro atoms. The normalized spacial score (nSPS) is 12.6. The summed E-state index contributed by atoms with van der Waals surface area (Å²) in [6.07, 6.45) is 1.42. The van der Waals surface area contributed by atoms with Crippen LogP contribution >= 0.6 is 11.6 Å². The first kappa shape index (κ1) is 15.4. The molecule has 1 unspecified atom stereocenters. The second-order valence-corrected chi connectivity index (χ2v) is 6.41. The number of hydrogen-bond acceptors (Lipinski definition) is 4. The summed E-state index contributed by atoms with van der Waals surface area (Å²) in [5.74, 6) is 0. The van der Waals surface area contributed by atoms with Crippen LogP contribution in [0.1, 0.15) is 24.1 Å². The second-order valence-electron chi connectivity index (χ2n) is 4.37. The van der Waals surface area contributed by atoms with Crippen LogP contribution in [0.3, 0.4) is 0 Å². The minimum absolute atomic E-state index is 0.0628. The maximum Gasteiger partial charge on any atom is 0.244 e. The SMILES string of the molecule is CC(NS(=O)(=O)c1cccnc1Cl)c1ccc(C#N)cc1. The van der Waals surface area contributed by atoms with Gasteiger partial charge in [-0.1, -0.05) is 23.7 Å². The Morgan fingerprint density at radius 2 is 1.95 bits per heavy atom. The molecular formula is C14H12ClN3O2S. The van der Waals surface area contributed by atoms with Crippen molar-refractivity contribution in [2.45, 2.75) is 17.9 Å². The zero-order chi connectivity index (χ0) is 15.5. The third kappa shape index (κ3) is 3.58. The molecule has 5 nitrogen and oxygen atoms in total. The van der Waals surface area contributed by atoms with Gasteiger partial charge in [0, 0.05) is 12.2 Å². The Bertz CT molecular complexity index is 783. The molecular weight excluding hydrogens is 310 g/mol. The Balaban J connectivity index is 2.24. The lowest BCUT2D eigenvalue weighted by atomic mass is 10.1. The summed E-state index contributed by atoms with van der Waals surface area (Å²) in [4.78, 5) is 3.70. The number of nitriles is 1. The molecule has 0 aliphatic heterocycles. The third-order valence-electron chi connectivity index (χ3n) is 2.89. The van der Waals surface area contributed by atoms with Gasteiger partial charge in [-0.15, -0.1) is 0 Å². The van der Waals surface area contributed by atoms with Gasteiger partial charge in [-0.05, 0) is 36.8 Å². The smallest absolute Gasteiger partial charge is 0.243 e. The number of pyridine rings is 1. The molecule has 2 aromatic rings. The van der Waals surface area contributed by atoms with Gasteiger partial charge in [0.15, 0.2) is 0 Å². The number of benzene rings is 1. The van der Waals surface area contributed by atoms with E-state index in [9.17, 15) is 8.42 Å². The predicted octanol–water partition coefficient (Wildman–Crippen LogP) is 2.65. The highest BCUT2D eigenvalue weighted by Gasteiger charge is 2.21. The first-order valence-electron chi connectivity index (χ1n) is 6.07. The number of hydrogen-bond donors (Lipinski definition) is 1. The zero-order valence-electron chi connectivity index (χ0n) is 11.1. The number of aromatic nitrogens is 1. The van der Waals surface area contributed by atoms with Crippen LogP contribution in [0.15, 0.2) is 47.5 Å². The first-order valence-corrected chi connectivity index (χ1v) is 7.93. The molecule has 0 amide bonds. The summed E-state index contributed by atoms with van der Waals surface area (Å²) >= 11 is 5.81. The summed E-state index contributed by atoms with van der Waals surface area (Å²) < 4.78 is 27.1. The maximum absolute atomic E-state index is 12.3. The summed E-state index contributed by atoms with van der Waals surface area (Å²) in [6, 6.07) is 11.1. The second kappa shape index (κ2) is 6.22. The molecule has 0 fully saturated rings. The van der Waals surface area contributed by atoms with Crippen LogP contribution in [0.5, 0.6) is 0 Å². The largest absolute Gasteiger partial charge is 0.244 e. The Kier molecular flexibility index (Phi) is 4.58. The van der Waals surface area contributed by atoms with E-state index < -0.39 is 16.1 Å². The summed E-state index contributed by atoms with van der Waals surface area (Å²) in [5.41, 5.74) is 1.27. The summed E-state index contributed by atoms with van der Waals surface area (Å²) in [5, 5.41) is 8.68. The van der Waals surface area contributed by atoms with E-state index in [1.807, 2.05) is 6.07 Å². The fourth-order valence-corrected chi connectivity index (χ4v) is 3.47. The molecule has 0 aliphatic rings. The Morgan fingerprint density at radius 3 is 2.52 bits per heavy atom. The Morgan fingerprint density at radius 1 is 1.29 bits per heavy atom. The average Bonchev–Trinajstić information content (AvgIpc) is 2.47. The van der Waals surface area contributed by atoms with Gasteiger partial charge in [0.25, 0.3) is 0 Å². The van der Waals surface area contributed by atoms with Crippen molar-refractivity contribution in [1.82, 2.24) is 9.71 Å². The monoisotopic (exact) mass is 321 g/mol. The summed E-state index contributed by atoms with van der Waals surface area (Å²) in [6.45, 7) is 1.71. The quantitative estimate of drug-likeness (QED) is 0.877. The van der Waals surface area contributed by atoms with Gasteiger partial charge in [0.2, 0.25) is 10.0 Å². The van der Waals surface area contributed by atoms with Gasteiger partial charge in [0.05, 0.1) is 11.6 Å². The van der Waals surface area contributed by atoms with E-state index in [4.69, 9.17) is 16.9 Å². The molecule has 108 valence electrons. The van der Waals surface area contributed by atoms with Crippen LogP contribution in [0, 0.1) is 11.3 Å². The fraction of sp³-hybridized carbons (Fsp3) is 0.143. The number of nitrogens with zero attached hydrogens (tertiary/aromatic N) is 2. The topological polar surface area (TPSA) is 82.8 Å². The molecule has 0 saturated carbocycles. The van der Waals surface area contributed by atoms with E-state index in [1.165, 1.54) is 18.3 Å². The van der Waals surface area contributed by atoms with E-state index in [0.717, 1.165) is 5.56 Å². The average molecular weight is 322 g/mol. The molecule has 0 saturated heterocycles. The molecule has 1 N–H and O–H groups in total. The maximum atomic E-state index is 12.3. The molecule has 2 rings (SSSR count). The molecule has 7 heteroatoms. The van der Waals surface area contributed by atoms with Crippen molar-refractivity contribution in [3.05, 3.63) is 58.9 Å². The van der Waals surface area contributed by atoms with Gasteiger partial charge >= 0.3 is 0 Å². The van der Waals surface area contributed by atoms with Crippen molar-refractivity contribution >= 4 is 21.6 Å². The van der Waals surface area contributed by atoms with E-state index >= 15 is 0 Å². The van der Waals surface area contributed by atoms with Crippen LogP contribution in [0.4, 0.5) is 0 Å². The van der Waals surface area contributed by atoms with Crippen LogP contribution < -0.4 is 4.72 Å². The van der Waals surface area contributed by atoms with Crippen LogP contribution in [-0.4, -0.2) is 13.4 Å². The lowest BCUT2D eigenvalue weighted by Gasteiger charge is -2.15. The first-order chi connectivity index (χ1) is 9.94. The van der Waals surface area contributed by atoms with Crippen molar-refractivity contribution in [3.63, 3.8) is 0 Å². The third-order valence-corrected chi connectivity index (χ3v) is 4.87. The van der Waals surface area contributed by atoms with Crippen LogP contribution in [0.2, 0.25) is 5.15 Å². The molecule has 21 heavy (non-hydrogen) atoms. The van der Waals surface area contributed by atoms with Crippen LogP contribution in [0.25, 0.3) is 0 Å². The number of sulfonamides is 1. The van der Waals surface area contributed by atoms with E-state index in [2.05, 4.69) is 9.71 Å². The highest BCUT2D eigenvalue weighted by atomic mass is 35.5. The van der Waals surface area contributed by atoms with E-state index in [0.29, 0.717) is 5.56 Å². The molecule has 1 heterocycles. The highest BCUT2D eigenvalue weighted by molar-refractivity contribution is 7.89. The minimum Gasteiger partial charge on any atom is -0.243 e. The molecule has 1 atom stereocenters. The van der Waals surface area contributed by atoms with Crippen molar-refractivity contribution in [2.24, 2.45) is 0 Å². The summed E-state index contributed by atoms with van der Waals surface area (Å²) in [7, 11) is -3.76. The van der Waals surface area contributed by atoms with Crippen molar-refractivity contribution in [2.75, 3.05) is 0 Å². The fourth-order valence-electron chi connectivity index (χ4n) is 1.78. The predicted molar refractivity (Wildman–Crippen MR) is 79.1 cm³/mol. The lowest BCUT2D eigenvalue weighted by molar-refractivity contribution is 0.566. The molecule has 0 radical (unpaired) electrons. The Hall–Kier alpha value is -1.94. The number of nitrogens with one attached hydrogen (secondary N) is 1. The zero-order valence-corrected chi connectivity index (χ0v) is 12.7. The van der Waals surface area contributed by atoms with Gasteiger partial charge in [0.1, 0.15) is 10.0 Å². The molecule has 1 aromatic carbocycles. The number of halogens is 1. The van der Waals surface area contributed by atoms with E-state index in [1.54, 1.807) is 31.2 Å².